The molecule has 4 heteroatoms. The number of nitrogens with one attached hydrogen (secondary N) is 1. The van der Waals surface area contributed by atoms with Crippen LogP contribution in [0.2, 0.25) is 0 Å². The van der Waals surface area contributed by atoms with Crippen molar-refractivity contribution in [2.45, 2.75) is 57.0 Å². The Bertz CT molecular complexity index is 301. The van der Waals surface area contributed by atoms with Crippen molar-refractivity contribution in [3.05, 3.63) is 0 Å². The zero-order valence-electron chi connectivity index (χ0n) is 11.2. The fourth-order valence-electron chi connectivity index (χ4n) is 3.69. The van der Waals surface area contributed by atoms with E-state index in [0.717, 1.165) is 19.6 Å². The summed E-state index contributed by atoms with van der Waals surface area (Å²) in [7, 11) is 0. The molecule has 1 unspecified atom stereocenters. The quantitative estimate of drug-likeness (QED) is 0.771. The van der Waals surface area contributed by atoms with Gasteiger partial charge < -0.3 is 10.2 Å². The first-order valence-corrected chi connectivity index (χ1v) is 7.62. The second kappa shape index (κ2) is 5.47. The standard InChI is InChI=1S/C14H25N3O/c18-14(15-12-5-2-1-3-6-12)17-10-9-16-8-4-7-13(16)11-17/h12-13H,1-11H2,(H,15,18). The number of carbonyl (C=O) groups excluding carboxylic acids is 1. The number of hydrogen-bond acceptors (Lipinski definition) is 2. The summed E-state index contributed by atoms with van der Waals surface area (Å²) in [6.45, 7) is 4.17. The van der Waals surface area contributed by atoms with Gasteiger partial charge in [0, 0.05) is 31.7 Å². The van der Waals surface area contributed by atoms with E-state index in [1.165, 1.54) is 51.5 Å². The van der Waals surface area contributed by atoms with E-state index < -0.39 is 0 Å². The molecule has 1 saturated carbocycles. The van der Waals surface area contributed by atoms with E-state index >= 15 is 0 Å². The van der Waals surface area contributed by atoms with Gasteiger partial charge in [-0.3, -0.25) is 4.90 Å². The van der Waals surface area contributed by atoms with Gasteiger partial charge in [-0.1, -0.05) is 19.3 Å². The van der Waals surface area contributed by atoms with Gasteiger partial charge in [0.2, 0.25) is 0 Å². The van der Waals surface area contributed by atoms with Crippen LogP contribution in [0.4, 0.5) is 4.79 Å². The van der Waals surface area contributed by atoms with Crippen LogP contribution in [0.5, 0.6) is 0 Å². The van der Waals surface area contributed by atoms with Crippen LogP contribution in [0.15, 0.2) is 0 Å². The van der Waals surface area contributed by atoms with E-state index in [1.54, 1.807) is 0 Å². The molecule has 1 aliphatic carbocycles. The molecule has 3 rings (SSSR count). The third-order valence-corrected chi connectivity index (χ3v) is 4.81. The van der Waals surface area contributed by atoms with E-state index in [-0.39, 0.29) is 6.03 Å². The molecule has 18 heavy (non-hydrogen) atoms. The minimum Gasteiger partial charge on any atom is -0.335 e. The number of nitrogens with zero attached hydrogens (tertiary/aromatic N) is 2. The van der Waals surface area contributed by atoms with Crippen LogP contribution >= 0.6 is 0 Å². The Morgan fingerprint density at radius 3 is 2.61 bits per heavy atom. The maximum absolute atomic E-state index is 12.3. The summed E-state index contributed by atoms with van der Waals surface area (Å²) in [4.78, 5) is 16.8. The Morgan fingerprint density at radius 1 is 0.944 bits per heavy atom. The molecule has 0 aromatic heterocycles. The average molecular weight is 251 g/mol. The largest absolute Gasteiger partial charge is 0.335 e. The van der Waals surface area contributed by atoms with E-state index in [1.807, 2.05) is 4.90 Å². The molecule has 2 amide bonds. The molecule has 1 atom stereocenters. The Balaban J connectivity index is 1.49. The SMILES string of the molecule is O=C(NC1CCCCC1)N1CCN2CCCC2C1. The van der Waals surface area contributed by atoms with Gasteiger partial charge in [0.15, 0.2) is 0 Å². The first-order chi connectivity index (χ1) is 8.83. The van der Waals surface area contributed by atoms with Crippen molar-refractivity contribution in [3.8, 4) is 0 Å². The first kappa shape index (κ1) is 12.3. The second-order valence-electron chi connectivity index (χ2n) is 6.06. The van der Waals surface area contributed by atoms with Crippen molar-refractivity contribution in [3.63, 3.8) is 0 Å². The molecule has 2 saturated heterocycles. The van der Waals surface area contributed by atoms with Crippen LogP contribution in [-0.4, -0.2) is 54.1 Å². The lowest BCUT2D eigenvalue weighted by Crippen LogP contribution is -2.56. The smallest absolute Gasteiger partial charge is 0.317 e. The predicted molar refractivity (Wildman–Crippen MR) is 71.6 cm³/mol. The third kappa shape index (κ3) is 2.63. The maximum Gasteiger partial charge on any atom is 0.317 e. The Hall–Kier alpha value is -0.770. The molecule has 2 aliphatic heterocycles. The summed E-state index contributed by atoms with van der Waals surface area (Å²) in [5, 5.41) is 3.24. The number of hydrogen-bond donors (Lipinski definition) is 1. The summed E-state index contributed by atoms with van der Waals surface area (Å²) in [5.74, 6) is 0. The molecule has 0 spiro atoms. The zero-order valence-corrected chi connectivity index (χ0v) is 11.2. The molecule has 1 N–H and O–H groups in total. The van der Waals surface area contributed by atoms with E-state index in [9.17, 15) is 4.79 Å². The van der Waals surface area contributed by atoms with Crippen LogP contribution in [0.1, 0.15) is 44.9 Å². The minimum atomic E-state index is 0.188. The maximum atomic E-state index is 12.3. The highest BCUT2D eigenvalue weighted by Gasteiger charge is 2.32. The number of piperazine rings is 1. The first-order valence-electron chi connectivity index (χ1n) is 7.62. The topological polar surface area (TPSA) is 35.6 Å². The normalized spacial score (nSPS) is 30.2. The van der Waals surface area contributed by atoms with Crippen LogP contribution in [-0.2, 0) is 0 Å². The molecule has 0 bridgehead atoms. The lowest BCUT2D eigenvalue weighted by atomic mass is 9.96. The Kier molecular flexibility index (Phi) is 3.73. The Morgan fingerprint density at radius 2 is 1.78 bits per heavy atom. The molecule has 4 nitrogen and oxygen atoms in total. The molecular weight excluding hydrogens is 226 g/mol. The highest BCUT2D eigenvalue weighted by atomic mass is 16.2. The molecule has 0 aromatic rings. The van der Waals surface area contributed by atoms with Gasteiger partial charge in [0.05, 0.1) is 0 Å². The molecular formula is C14H25N3O. The molecule has 3 aliphatic rings. The van der Waals surface area contributed by atoms with Crippen molar-refractivity contribution < 1.29 is 4.79 Å². The van der Waals surface area contributed by atoms with Gasteiger partial charge in [-0.05, 0) is 32.2 Å². The summed E-state index contributed by atoms with van der Waals surface area (Å²) < 4.78 is 0. The van der Waals surface area contributed by atoms with Crippen molar-refractivity contribution >= 4 is 6.03 Å². The van der Waals surface area contributed by atoms with Crippen molar-refractivity contribution in [1.82, 2.24) is 15.1 Å². The number of rotatable bonds is 1. The number of carbonyl (C=O) groups is 1. The van der Waals surface area contributed by atoms with Gasteiger partial charge in [-0.2, -0.15) is 0 Å². The monoisotopic (exact) mass is 251 g/mol. The Labute approximate surface area is 110 Å². The summed E-state index contributed by atoms with van der Waals surface area (Å²) in [5.41, 5.74) is 0. The summed E-state index contributed by atoms with van der Waals surface area (Å²) in [6, 6.07) is 1.26. The summed E-state index contributed by atoms with van der Waals surface area (Å²) in [6.07, 6.45) is 8.83. The predicted octanol–water partition coefficient (Wildman–Crippen LogP) is 1.81. The molecule has 3 fully saturated rings. The van der Waals surface area contributed by atoms with Crippen molar-refractivity contribution in [2.75, 3.05) is 26.2 Å². The zero-order chi connectivity index (χ0) is 12.4. The van der Waals surface area contributed by atoms with Crippen LogP contribution in [0.3, 0.4) is 0 Å². The van der Waals surface area contributed by atoms with Crippen LogP contribution in [0, 0.1) is 0 Å². The van der Waals surface area contributed by atoms with Crippen molar-refractivity contribution in [2.24, 2.45) is 0 Å². The van der Waals surface area contributed by atoms with E-state index in [0.29, 0.717) is 12.1 Å². The van der Waals surface area contributed by atoms with Crippen molar-refractivity contribution in [1.29, 1.82) is 0 Å². The molecule has 102 valence electrons. The fraction of sp³-hybridized carbons (Fsp3) is 0.929. The van der Waals surface area contributed by atoms with Gasteiger partial charge in [0.1, 0.15) is 0 Å². The van der Waals surface area contributed by atoms with Crippen LogP contribution in [0.25, 0.3) is 0 Å². The average Bonchev–Trinajstić information content (AvgIpc) is 2.87. The van der Waals surface area contributed by atoms with E-state index in [4.69, 9.17) is 0 Å². The fourth-order valence-corrected chi connectivity index (χ4v) is 3.69. The molecule has 0 radical (unpaired) electrons. The molecule has 2 heterocycles. The van der Waals surface area contributed by atoms with Crippen LogP contribution < -0.4 is 5.32 Å². The number of fused-ring (bicyclic) bond motifs is 1. The number of amides is 2. The van der Waals surface area contributed by atoms with E-state index in [2.05, 4.69) is 10.2 Å². The minimum absolute atomic E-state index is 0.188. The highest BCUT2D eigenvalue weighted by molar-refractivity contribution is 5.74. The van der Waals surface area contributed by atoms with Gasteiger partial charge in [0.25, 0.3) is 0 Å². The number of urea groups is 1. The molecule has 0 aromatic carbocycles. The lowest BCUT2D eigenvalue weighted by Gasteiger charge is -2.38. The van der Waals surface area contributed by atoms with Gasteiger partial charge in [-0.15, -0.1) is 0 Å². The third-order valence-electron chi connectivity index (χ3n) is 4.81. The van der Waals surface area contributed by atoms with Gasteiger partial charge >= 0.3 is 6.03 Å². The van der Waals surface area contributed by atoms with Gasteiger partial charge in [-0.25, -0.2) is 4.79 Å². The highest BCUT2D eigenvalue weighted by Crippen LogP contribution is 2.22. The second-order valence-corrected chi connectivity index (χ2v) is 6.06. The lowest BCUT2D eigenvalue weighted by molar-refractivity contribution is 0.114. The summed E-state index contributed by atoms with van der Waals surface area (Å²) >= 11 is 0.